The number of thioether (sulfide) groups is 1. The lowest BCUT2D eigenvalue weighted by molar-refractivity contribution is 0.520. The van der Waals surface area contributed by atoms with Crippen molar-refractivity contribution in [3.8, 4) is 0 Å². The highest BCUT2D eigenvalue weighted by atomic mass is 35.5. The van der Waals surface area contributed by atoms with Gasteiger partial charge in [0.15, 0.2) is 0 Å². The summed E-state index contributed by atoms with van der Waals surface area (Å²) in [6.07, 6.45) is 4.49. The number of hydrogen-bond acceptors (Lipinski definition) is 2. The average molecular weight is 258 g/mol. The molecule has 1 atom stereocenters. The molecule has 0 radical (unpaired) electrons. The first-order valence-electron chi connectivity index (χ1n) is 5.75. The van der Waals surface area contributed by atoms with Gasteiger partial charge < -0.3 is 5.32 Å². The van der Waals surface area contributed by atoms with E-state index in [1.54, 1.807) is 0 Å². The van der Waals surface area contributed by atoms with E-state index in [0.717, 1.165) is 18.0 Å². The predicted octanol–water partition coefficient (Wildman–Crippen LogP) is 4.13. The van der Waals surface area contributed by atoms with Crippen molar-refractivity contribution in [3.05, 3.63) is 34.9 Å². The zero-order chi connectivity index (χ0) is 11.8. The Balaban J connectivity index is 2.44. The summed E-state index contributed by atoms with van der Waals surface area (Å²) in [5.74, 6) is 1.23. The summed E-state index contributed by atoms with van der Waals surface area (Å²) in [5.41, 5.74) is 1.33. The third kappa shape index (κ3) is 4.77. The molecule has 16 heavy (non-hydrogen) atoms. The Morgan fingerprint density at radius 1 is 1.31 bits per heavy atom. The van der Waals surface area contributed by atoms with E-state index in [1.807, 2.05) is 23.9 Å². The molecule has 0 fully saturated rings. The Morgan fingerprint density at radius 2 is 2.00 bits per heavy atom. The fourth-order valence-electron chi connectivity index (χ4n) is 1.69. The third-order valence-electron chi connectivity index (χ3n) is 2.60. The minimum Gasteiger partial charge on any atom is -0.310 e. The lowest BCUT2D eigenvalue weighted by Gasteiger charge is -2.17. The van der Waals surface area contributed by atoms with Crippen molar-refractivity contribution in [1.82, 2.24) is 5.32 Å². The van der Waals surface area contributed by atoms with Gasteiger partial charge in [-0.05, 0) is 49.1 Å². The molecule has 3 heteroatoms. The minimum atomic E-state index is 0.458. The highest BCUT2D eigenvalue weighted by molar-refractivity contribution is 7.98. The van der Waals surface area contributed by atoms with Crippen LogP contribution in [-0.4, -0.2) is 18.6 Å². The van der Waals surface area contributed by atoms with Gasteiger partial charge in [0.1, 0.15) is 0 Å². The monoisotopic (exact) mass is 257 g/mol. The summed E-state index contributed by atoms with van der Waals surface area (Å²) in [5, 5.41) is 4.39. The number of halogens is 1. The van der Waals surface area contributed by atoms with Crippen LogP contribution in [0.4, 0.5) is 0 Å². The molecule has 0 aromatic heterocycles. The Labute approximate surface area is 108 Å². The van der Waals surface area contributed by atoms with Crippen LogP contribution in [0, 0.1) is 0 Å². The van der Waals surface area contributed by atoms with Crippen LogP contribution in [0.15, 0.2) is 24.3 Å². The topological polar surface area (TPSA) is 12.0 Å². The van der Waals surface area contributed by atoms with Crippen LogP contribution >= 0.6 is 23.4 Å². The molecule has 1 rings (SSSR count). The maximum atomic E-state index is 5.88. The second-order valence-electron chi connectivity index (χ2n) is 3.81. The van der Waals surface area contributed by atoms with E-state index < -0.39 is 0 Å². The van der Waals surface area contributed by atoms with Gasteiger partial charge in [-0.15, -0.1) is 0 Å². The Bertz CT molecular complexity index is 286. The van der Waals surface area contributed by atoms with E-state index in [2.05, 4.69) is 30.6 Å². The predicted molar refractivity (Wildman–Crippen MR) is 75.5 cm³/mol. The number of rotatable bonds is 7. The fraction of sp³-hybridized carbons (Fsp3) is 0.538. The second-order valence-corrected chi connectivity index (χ2v) is 5.23. The molecule has 1 unspecified atom stereocenters. The van der Waals surface area contributed by atoms with Gasteiger partial charge in [0.05, 0.1) is 0 Å². The van der Waals surface area contributed by atoms with Gasteiger partial charge in [-0.1, -0.05) is 30.7 Å². The number of nitrogens with one attached hydrogen (secondary N) is 1. The maximum absolute atomic E-state index is 5.88. The standard InChI is InChI=1S/C13H20ClNS/c1-3-13(15-9-4-10-16-2)11-5-7-12(14)8-6-11/h5-8,13,15H,3-4,9-10H2,1-2H3. The van der Waals surface area contributed by atoms with Gasteiger partial charge in [0.25, 0.3) is 0 Å². The van der Waals surface area contributed by atoms with Gasteiger partial charge >= 0.3 is 0 Å². The lowest BCUT2D eigenvalue weighted by Crippen LogP contribution is -2.22. The number of benzene rings is 1. The molecule has 1 aromatic carbocycles. The molecular formula is C13H20ClNS. The molecule has 0 bridgehead atoms. The van der Waals surface area contributed by atoms with Crippen LogP contribution in [0.3, 0.4) is 0 Å². The van der Waals surface area contributed by atoms with Crippen LogP contribution in [-0.2, 0) is 0 Å². The van der Waals surface area contributed by atoms with Crippen molar-refractivity contribution in [3.63, 3.8) is 0 Å². The Morgan fingerprint density at radius 3 is 2.56 bits per heavy atom. The number of hydrogen-bond donors (Lipinski definition) is 1. The van der Waals surface area contributed by atoms with Crippen molar-refractivity contribution in [1.29, 1.82) is 0 Å². The van der Waals surface area contributed by atoms with Gasteiger partial charge in [-0.2, -0.15) is 11.8 Å². The molecule has 1 aromatic rings. The van der Waals surface area contributed by atoms with Crippen LogP contribution in [0.25, 0.3) is 0 Å². The average Bonchev–Trinajstić information content (AvgIpc) is 2.31. The van der Waals surface area contributed by atoms with E-state index in [-0.39, 0.29) is 0 Å². The molecule has 90 valence electrons. The summed E-state index contributed by atoms with van der Waals surface area (Å²) in [6.45, 7) is 3.29. The zero-order valence-corrected chi connectivity index (χ0v) is 11.6. The molecule has 0 saturated carbocycles. The zero-order valence-electron chi connectivity index (χ0n) is 10.0. The van der Waals surface area contributed by atoms with Crippen molar-refractivity contribution in [2.45, 2.75) is 25.8 Å². The molecule has 0 saturated heterocycles. The largest absolute Gasteiger partial charge is 0.310 e. The van der Waals surface area contributed by atoms with Crippen molar-refractivity contribution in [2.24, 2.45) is 0 Å². The van der Waals surface area contributed by atoms with E-state index in [1.165, 1.54) is 17.7 Å². The molecule has 0 aliphatic rings. The van der Waals surface area contributed by atoms with Crippen LogP contribution in [0.5, 0.6) is 0 Å². The molecule has 0 amide bonds. The first-order valence-corrected chi connectivity index (χ1v) is 7.53. The third-order valence-corrected chi connectivity index (χ3v) is 3.55. The molecule has 0 spiro atoms. The summed E-state index contributed by atoms with van der Waals surface area (Å²) in [6, 6.07) is 8.60. The van der Waals surface area contributed by atoms with Gasteiger partial charge in [-0.3, -0.25) is 0 Å². The molecule has 1 N–H and O–H groups in total. The van der Waals surface area contributed by atoms with Crippen molar-refractivity contribution in [2.75, 3.05) is 18.6 Å². The second kappa shape index (κ2) is 7.99. The molecule has 0 aliphatic heterocycles. The van der Waals surface area contributed by atoms with Gasteiger partial charge in [0.2, 0.25) is 0 Å². The van der Waals surface area contributed by atoms with Crippen LogP contribution < -0.4 is 5.32 Å². The van der Waals surface area contributed by atoms with Crippen molar-refractivity contribution >= 4 is 23.4 Å². The Hall–Kier alpha value is -0.180. The highest BCUT2D eigenvalue weighted by Gasteiger charge is 2.07. The molecule has 0 aliphatic carbocycles. The van der Waals surface area contributed by atoms with E-state index in [9.17, 15) is 0 Å². The molecule has 0 heterocycles. The van der Waals surface area contributed by atoms with E-state index in [4.69, 9.17) is 11.6 Å². The fourth-order valence-corrected chi connectivity index (χ4v) is 2.24. The summed E-state index contributed by atoms with van der Waals surface area (Å²) >= 11 is 7.78. The van der Waals surface area contributed by atoms with Crippen molar-refractivity contribution < 1.29 is 0 Å². The first-order chi connectivity index (χ1) is 7.77. The molecular weight excluding hydrogens is 238 g/mol. The lowest BCUT2D eigenvalue weighted by atomic mass is 10.0. The SMILES string of the molecule is CCC(NCCCSC)c1ccc(Cl)cc1. The first kappa shape index (κ1) is 13.9. The maximum Gasteiger partial charge on any atom is 0.0406 e. The van der Waals surface area contributed by atoms with Crippen LogP contribution in [0.1, 0.15) is 31.4 Å². The summed E-state index contributed by atoms with van der Waals surface area (Å²) in [4.78, 5) is 0. The summed E-state index contributed by atoms with van der Waals surface area (Å²) in [7, 11) is 0. The van der Waals surface area contributed by atoms with E-state index in [0.29, 0.717) is 6.04 Å². The normalized spacial score (nSPS) is 12.7. The smallest absolute Gasteiger partial charge is 0.0406 e. The minimum absolute atomic E-state index is 0.458. The van der Waals surface area contributed by atoms with Gasteiger partial charge in [0, 0.05) is 11.1 Å². The Kier molecular flexibility index (Phi) is 6.93. The summed E-state index contributed by atoms with van der Waals surface area (Å²) < 4.78 is 0. The van der Waals surface area contributed by atoms with Crippen LogP contribution in [0.2, 0.25) is 5.02 Å². The van der Waals surface area contributed by atoms with E-state index >= 15 is 0 Å². The van der Waals surface area contributed by atoms with Gasteiger partial charge in [-0.25, -0.2) is 0 Å². The molecule has 1 nitrogen and oxygen atoms in total. The highest BCUT2D eigenvalue weighted by Crippen LogP contribution is 2.19. The quantitative estimate of drug-likeness (QED) is 0.737.